The summed E-state index contributed by atoms with van der Waals surface area (Å²) in [4.78, 5) is 8.51. The van der Waals surface area contributed by atoms with Gasteiger partial charge in [0.25, 0.3) is 0 Å². The molecular weight excluding hydrogens is 260 g/mol. The Kier molecular flexibility index (Phi) is 2.92. The van der Waals surface area contributed by atoms with Gasteiger partial charge in [-0.2, -0.15) is 0 Å². The van der Waals surface area contributed by atoms with Crippen LogP contribution in [0.15, 0.2) is 61.3 Å². The van der Waals surface area contributed by atoms with Crippen LogP contribution in [-0.2, 0) is 12.8 Å². The minimum atomic E-state index is 0.461. The number of benzene rings is 1. The molecule has 0 unspecified atom stereocenters. The first kappa shape index (κ1) is 12.1. The Morgan fingerprint density at radius 3 is 2.48 bits per heavy atom. The van der Waals surface area contributed by atoms with E-state index in [2.05, 4.69) is 45.6 Å². The number of nitrogens with zero attached hydrogens (tertiary/aromatic N) is 3. The Bertz CT molecular complexity index is 707. The lowest BCUT2D eigenvalue weighted by Gasteiger charge is -2.13. The van der Waals surface area contributed by atoms with E-state index < -0.39 is 0 Å². The van der Waals surface area contributed by atoms with Gasteiger partial charge in [-0.15, -0.1) is 0 Å². The Balaban J connectivity index is 1.47. The van der Waals surface area contributed by atoms with E-state index in [1.54, 1.807) is 12.5 Å². The quantitative estimate of drug-likeness (QED) is 0.800. The average molecular weight is 276 g/mol. The fourth-order valence-corrected chi connectivity index (χ4v) is 2.92. The van der Waals surface area contributed by atoms with Gasteiger partial charge in [0.15, 0.2) is 0 Å². The van der Waals surface area contributed by atoms with E-state index in [0.717, 1.165) is 24.3 Å². The predicted molar refractivity (Wildman–Crippen MR) is 82.6 cm³/mol. The van der Waals surface area contributed by atoms with Crippen LogP contribution in [0, 0.1) is 0 Å². The van der Waals surface area contributed by atoms with Crippen molar-refractivity contribution in [2.75, 3.05) is 5.32 Å². The molecule has 0 spiro atoms. The van der Waals surface area contributed by atoms with Crippen LogP contribution in [0.1, 0.15) is 11.1 Å². The summed E-state index contributed by atoms with van der Waals surface area (Å²) in [6.07, 6.45) is 9.45. The molecule has 0 bridgehead atoms. The molecule has 0 fully saturated rings. The zero-order chi connectivity index (χ0) is 14.1. The van der Waals surface area contributed by atoms with E-state index in [9.17, 15) is 0 Å². The number of imidazole rings is 1. The zero-order valence-corrected chi connectivity index (χ0v) is 11.6. The third kappa shape index (κ3) is 2.40. The van der Waals surface area contributed by atoms with Crippen LogP contribution in [0.5, 0.6) is 0 Å². The van der Waals surface area contributed by atoms with Gasteiger partial charge in [-0.05, 0) is 36.1 Å². The maximum atomic E-state index is 4.47. The highest BCUT2D eigenvalue weighted by Crippen LogP contribution is 2.24. The van der Waals surface area contributed by atoms with Gasteiger partial charge in [0.1, 0.15) is 12.1 Å². The molecule has 3 aromatic rings. The molecule has 1 aliphatic rings. The van der Waals surface area contributed by atoms with Crippen molar-refractivity contribution in [3.8, 4) is 5.82 Å². The lowest BCUT2D eigenvalue weighted by molar-refractivity contribution is 0.773. The molecule has 0 aliphatic heterocycles. The van der Waals surface area contributed by atoms with E-state index in [0.29, 0.717) is 6.04 Å². The smallest absolute Gasteiger partial charge is 0.137 e. The molecular formula is C17H16N4. The molecule has 1 N–H and O–H groups in total. The number of hydrogen-bond donors (Lipinski definition) is 1. The summed E-state index contributed by atoms with van der Waals surface area (Å²) >= 11 is 0. The largest absolute Gasteiger partial charge is 0.380 e. The standard InChI is InChI=1S/C17H16N4/c1-2-4-14-10-16(9-13(14)3-1)20-15-5-6-17(19-11-15)21-8-7-18-12-21/h1-8,11-12,16,20H,9-10H2. The number of nitrogens with one attached hydrogen (secondary N) is 1. The third-order valence-electron chi connectivity index (χ3n) is 3.94. The van der Waals surface area contributed by atoms with Gasteiger partial charge < -0.3 is 5.32 Å². The van der Waals surface area contributed by atoms with E-state index in [1.165, 1.54) is 11.1 Å². The molecule has 2 aromatic heterocycles. The number of rotatable bonds is 3. The van der Waals surface area contributed by atoms with Crippen molar-refractivity contribution in [2.45, 2.75) is 18.9 Å². The summed E-state index contributed by atoms with van der Waals surface area (Å²) in [5.41, 5.74) is 3.98. The first-order valence-corrected chi connectivity index (χ1v) is 7.16. The van der Waals surface area contributed by atoms with Crippen LogP contribution in [0.3, 0.4) is 0 Å². The van der Waals surface area contributed by atoms with Crippen LogP contribution in [0.4, 0.5) is 5.69 Å². The number of aromatic nitrogens is 3. The molecule has 4 nitrogen and oxygen atoms in total. The molecule has 1 aliphatic carbocycles. The van der Waals surface area contributed by atoms with E-state index >= 15 is 0 Å². The van der Waals surface area contributed by atoms with Crippen molar-refractivity contribution in [2.24, 2.45) is 0 Å². The van der Waals surface area contributed by atoms with Gasteiger partial charge in [-0.25, -0.2) is 9.97 Å². The first-order chi connectivity index (χ1) is 10.4. The molecule has 21 heavy (non-hydrogen) atoms. The third-order valence-corrected chi connectivity index (χ3v) is 3.94. The second-order valence-electron chi connectivity index (χ2n) is 5.39. The summed E-state index contributed by atoms with van der Waals surface area (Å²) in [7, 11) is 0. The van der Waals surface area contributed by atoms with Gasteiger partial charge >= 0.3 is 0 Å². The molecule has 0 atom stereocenters. The molecule has 0 amide bonds. The molecule has 104 valence electrons. The number of hydrogen-bond acceptors (Lipinski definition) is 3. The normalized spacial score (nSPS) is 14.1. The maximum absolute atomic E-state index is 4.47. The monoisotopic (exact) mass is 276 g/mol. The fourth-order valence-electron chi connectivity index (χ4n) is 2.92. The second kappa shape index (κ2) is 5.05. The van der Waals surface area contributed by atoms with Crippen LogP contribution >= 0.6 is 0 Å². The summed E-state index contributed by atoms with van der Waals surface area (Å²) in [5.74, 6) is 0.882. The summed E-state index contributed by atoms with van der Waals surface area (Å²) < 4.78 is 1.90. The van der Waals surface area contributed by atoms with Crippen LogP contribution in [0.25, 0.3) is 5.82 Å². The Hall–Kier alpha value is -2.62. The molecule has 0 radical (unpaired) electrons. The highest BCUT2D eigenvalue weighted by atomic mass is 15.1. The van der Waals surface area contributed by atoms with Gasteiger partial charge in [0, 0.05) is 18.4 Å². The van der Waals surface area contributed by atoms with E-state index in [-0.39, 0.29) is 0 Å². The van der Waals surface area contributed by atoms with Crippen LogP contribution < -0.4 is 5.32 Å². The zero-order valence-electron chi connectivity index (χ0n) is 11.6. The van der Waals surface area contributed by atoms with Crippen LogP contribution in [0.2, 0.25) is 0 Å². The molecule has 4 heteroatoms. The number of pyridine rings is 1. The predicted octanol–water partition coefficient (Wildman–Crippen LogP) is 2.85. The van der Waals surface area contributed by atoms with Crippen LogP contribution in [-0.4, -0.2) is 20.6 Å². The maximum Gasteiger partial charge on any atom is 0.137 e. The molecule has 0 saturated heterocycles. The van der Waals surface area contributed by atoms with Crippen molar-refractivity contribution in [3.05, 3.63) is 72.4 Å². The van der Waals surface area contributed by atoms with Gasteiger partial charge in [0.2, 0.25) is 0 Å². The van der Waals surface area contributed by atoms with E-state index in [4.69, 9.17) is 0 Å². The second-order valence-corrected chi connectivity index (χ2v) is 5.39. The summed E-state index contributed by atoms with van der Waals surface area (Å²) in [6, 6.07) is 13.2. The summed E-state index contributed by atoms with van der Waals surface area (Å²) in [6.45, 7) is 0. The molecule has 1 aromatic carbocycles. The fraction of sp³-hybridized carbons (Fsp3) is 0.176. The average Bonchev–Trinajstić information content (AvgIpc) is 3.17. The van der Waals surface area contributed by atoms with Crippen molar-refractivity contribution in [1.82, 2.24) is 14.5 Å². The summed E-state index contributed by atoms with van der Waals surface area (Å²) in [5, 5.41) is 3.57. The lowest BCUT2D eigenvalue weighted by atomic mass is 10.1. The Labute approximate surface area is 123 Å². The minimum Gasteiger partial charge on any atom is -0.380 e. The minimum absolute atomic E-state index is 0.461. The lowest BCUT2D eigenvalue weighted by Crippen LogP contribution is -2.19. The molecule has 4 rings (SSSR count). The SMILES string of the molecule is c1ccc2c(c1)CC(Nc1ccc(-n3ccnc3)nc1)C2. The highest BCUT2D eigenvalue weighted by Gasteiger charge is 2.20. The number of anilines is 1. The van der Waals surface area contributed by atoms with Crippen molar-refractivity contribution in [1.29, 1.82) is 0 Å². The van der Waals surface area contributed by atoms with Gasteiger partial charge in [-0.1, -0.05) is 24.3 Å². The Morgan fingerprint density at radius 1 is 1.05 bits per heavy atom. The highest BCUT2D eigenvalue weighted by molar-refractivity contribution is 5.47. The Morgan fingerprint density at radius 2 is 1.86 bits per heavy atom. The van der Waals surface area contributed by atoms with E-state index in [1.807, 2.05) is 23.0 Å². The molecule has 0 saturated carbocycles. The topological polar surface area (TPSA) is 42.7 Å². The first-order valence-electron chi connectivity index (χ1n) is 7.16. The van der Waals surface area contributed by atoms with Crippen molar-refractivity contribution < 1.29 is 0 Å². The van der Waals surface area contributed by atoms with Crippen molar-refractivity contribution >= 4 is 5.69 Å². The van der Waals surface area contributed by atoms with Crippen molar-refractivity contribution in [3.63, 3.8) is 0 Å². The van der Waals surface area contributed by atoms with Gasteiger partial charge in [-0.3, -0.25) is 4.57 Å². The number of fused-ring (bicyclic) bond motifs is 1. The van der Waals surface area contributed by atoms with Gasteiger partial charge in [0.05, 0.1) is 11.9 Å². The molecule has 2 heterocycles.